The van der Waals surface area contributed by atoms with E-state index in [9.17, 15) is 13.6 Å². The van der Waals surface area contributed by atoms with E-state index in [0.717, 1.165) is 11.6 Å². The lowest BCUT2D eigenvalue weighted by atomic mass is 10.1. The third kappa shape index (κ3) is 1.82. The molecule has 5 heteroatoms. The minimum absolute atomic E-state index is 0.264. The molecule has 1 aliphatic heterocycles. The van der Waals surface area contributed by atoms with E-state index in [2.05, 4.69) is 0 Å². The fourth-order valence-corrected chi connectivity index (χ4v) is 2.49. The number of nitrogen functional groups attached to an aromatic ring is 1. The lowest BCUT2D eigenvalue weighted by molar-refractivity contribution is 0.0984. The first-order valence-electron chi connectivity index (χ1n) is 6.23. The van der Waals surface area contributed by atoms with Crippen LogP contribution in [0.4, 0.5) is 20.2 Å². The van der Waals surface area contributed by atoms with Gasteiger partial charge < -0.3 is 10.6 Å². The van der Waals surface area contributed by atoms with Gasteiger partial charge in [0, 0.05) is 23.5 Å². The molecule has 0 fully saturated rings. The van der Waals surface area contributed by atoms with Crippen molar-refractivity contribution in [3.63, 3.8) is 0 Å². The van der Waals surface area contributed by atoms with Gasteiger partial charge >= 0.3 is 0 Å². The Hall–Kier alpha value is -2.43. The first-order chi connectivity index (χ1) is 9.59. The average Bonchev–Trinajstić information content (AvgIpc) is 2.86. The second-order valence-corrected chi connectivity index (χ2v) is 4.65. The summed E-state index contributed by atoms with van der Waals surface area (Å²) in [6.45, 7) is 0.415. The maximum Gasteiger partial charge on any atom is 0.261 e. The molecular weight excluding hydrogens is 262 g/mol. The van der Waals surface area contributed by atoms with Gasteiger partial charge in [-0.15, -0.1) is 0 Å². The molecule has 0 saturated carbocycles. The lowest BCUT2D eigenvalue weighted by Crippen LogP contribution is -2.29. The van der Waals surface area contributed by atoms with E-state index in [-0.39, 0.29) is 5.56 Å². The molecule has 0 saturated heterocycles. The number of rotatable bonds is 1. The van der Waals surface area contributed by atoms with Crippen LogP contribution in [0.25, 0.3) is 0 Å². The first kappa shape index (κ1) is 12.6. The summed E-state index contributed by atoms with van der Waals surface area (Å²) >= 11 is 0. The molecule has 0 aromatic heterocycles. The van der Waals surface area contributed by atoms with Crippen molar-refractivity contribution in [1.29, 1.82) is 0 Å². The van der Waals surface area contributed by atoms with Gasteiger partial charge in [-0.05, 0) is 30.7 Å². The van der Waals surface area contributed by atoms with E-state index < -0.39 is 17.5 Å². The van der Waals surface area contributed by atoms with Gasteiger partial charge in [0.05, 0.1) is 5.56 Å². The van der Waals surface area contributed by atoms with Crippen molar-refractivity contribution < 1.29 is 13.6 Å². The van der Waals surface area contributed by atoms with Crippen molar-refractivity contribution in [2.75, 3.05) is 17.2 Å². The van der Waals surface area contributed by atoms with E-state index in [0.29, 0.717) is 24.3 Å². The Kier molecular flexibility index (Phi) is 2.89. The maximum atomic E-state index is 13.7. The van der Waals surface area contributed by atoms with Crippen LogP contribution in [0.3, 0.4) is 0 Å². The standard InChI is InChI=1S/C15H12F2N2O/c16-11-4-1-3-10(14(11)17)15(20)19-8-7-9-12(18)5-2-6-13(9)19/h1-6H,7-8,18H2. The molecule has 3 nitrogen and oxygen atoms in total. The Bertz CT molecular complexity index is 700. The number of carbonyl (C=O) groups excluding carboxylic acids is 1. The molecule has 0 bridgehead atoms. The molecule has 2 N–H and O–H groups in total. The summed E-state index contributed by atoms with van der Waals surface area (Å²) < 4.78 is 26.9. The summed E-state index contributed by atoms with van der Waals surface area (Å²) in [7, 11) is 0. The molecule has 0 radical (unpaired) electrons. The van der Waals surface area contributed by atoms with E-state index >= 15 is 0 Å². The number of benzene rings is 2. The van der Waals surface area contributed by atoms with Gasteiger partial charge in [0.2, 0.25) is 0 Å². The normalized spacial score (nSPS) is 13.4. The second-order valence-electron chi connectivity index (χ2n) is 4.65. The summed E-state index contributed by atoms with van der Waals surface area (Å²) in [6.07, 6.45) is 0.616. The van der Waals surface area contributed by atoms with Crippen LogP contribution in [0.5, 0.6) is 0 Å². The Balaban J connectivity index is 2.02. The zero-order chi connectivity index (χ0) is 14.3. The first-order valence-corrected chi connectivity index (χ1v) is 6.23. The summed E-state index contributed by atoms with van der Waals surface area (Å²) in [4.78, 5) is 13.8. The van der Waals surface area contributed by atoms with Gasteiger partial charge in [0.25, 0.3) is 5.91 Å². The highest BCUT2D eigenvalue weighted by Crippen LogP contribution is 2.33. The molecule has 1 amide bonds. The smallest absolute Gasteiger partial charge is 0.261 e. The Morgan fingerprint density at radius 1 is 1.15 bits per heavy atom. The van der Waals surface area contributed by atoms with Crippen molar-refractivity contribution in [3.8, 4) is 0 Å². The number of fused-ring (bicyclic) bond motifs is 1. The van der Waals surface area contributed by atoms with Crippen molar-refractivity contribution >= 4 is 17.3 Å². The van der Waals surface area contributed by atoms with Gasteiger partial charge in [-0.25, -0.2) is 8.78 Å². The number of hydrogen-bond acceptors (Lipinski definition) is 2. The molecule has 20 heavy (non-hydrogen) atoms. The number of amides is 1. The quantitative estimate of drug-likeness (QED) is 0.813. The van der Waals surface area contributed by atoms with Crippen LogP contribution in [0.2, 0.25) is 0 Å². The molecule has 0 spiro atoms. The van der Waals surface area contributed by atoms with Gasteiger partial charge in [-0.2, -0.15) is 0 Å². The highest BCUT2D eigenvalue weighted by atomic mass is 19.2. The predicted octanol–water partition coefficient (Wildman–Crippen LogP) is 2.75. The number of nitrogens with zero attached hydrogens (tertiary/aromatic N) is 1. The van der Waals surface area contributed by atoms with Crippen LogP contribution in [0, 0.1) is 11.6 Å². The second kappa shape index (κ2) is 4.59. The summed E-state index contributed by atoms with van der Waals surface area (Å²) in [5.41, 5.74) is 7.74. The zero-order valence-corrected chi connectivity index (χ0v) is 10.6. The molecular formula is C15H12F2N2O. The van der Waals surface area contributed by atoms with Crippen LogP contribution in [-0.4, -0.2) is 12.5 Å². The van der Waals surface area contributed by atoms with Crippen molar-refractivity contribution in [2.24, 2.45) is 0 Å². The highest BCUT2D eigenvalue weighted by Gasteiger charge is 2.28. The Morgan fingerprint density at radius 2 is 1.90 bits per heavy atom. The lowest BCUT2D eigenvalue weighted by Gasteiger charge is -2.18. The van der Waals surface area contributed by atoms with E-state index in [1.807, 2.05) is 0 Å². The third-order valence-electron chi connectivity index (χ3n) is 3.49. The van der Waals surface area contributed by atoms with Gasteiger partial charge in [0.1, 0.15) is 0 Å². The summed E-state index contributed by atoms with van der Waals surface area (Å²) in [5, 5.41) is 0. The average molecular weight is 274 g/mol. The number of hydrogen-bond donors (Lipinski definition) is 1. The van der Waals surface area contributed by atoms with Crippen LogP contribution >= 0.6 is 0 Å². The predicted molar refractivity (Wildman–Crippen MR) is 72.6 cm³/mol. The topological polar surface area (TPSA) is 46.3 Å². The third-order valence-corrected chi connectivity index (χ3v) is 3.49. The Labute approximate surface area is 114 Å². The van der Waals surface area contributed by atoms with Crippen LogP contribution in [0.15, 0.2) is 36.4 Å². The number of nitrogens with two attached hydrogens (primary N) is 1. The number of anilines is 2. The van der Waals surface area contributed by atoms with E-state index in [1.54, 1.807) is 18.2 Å². The molecule has 1 aliphatic rings. The zero-order valence-electron chi connectivity index (χ0n) is 10.6. The van der Waals surface area contributed by atoms with Crippen LogP contribution < -0.4 is 10.6 Å². The largest absolute Gasteiger partial charge is 0.398 e. The molecule has 1 heterocycles. The summed E-state index contributed by atoms with van der Waals surface area (Å²) in [6, 6.07) is 8.85. The van der Waals surface area contributed by atoms with Crippen molar-refractivity contribution in [2.45, 2.75) is 6.42 Å². The fourth-order valence-electron chi connectivity index (χ4n) is 2.49. The monoisotopic (exact) mass is 274 g/mol. The summed E-state index contributed by atoms with van der Waals surface area (Å²) in [5.74, 6) is -2.69. The molecule has 0 aliphatic carbocycles. The highest BCUT2D eigenvalue weighted by molar-refractivity contribution is 6.07. The molecule has 3 rings (SSSR count). The molecule has 2 aromatic rings. The molecule has 102 valence electrons. The van der Waals surface area contributed by atoms with Crippen molar-refractivity contribution in [1.82, 2.24) is 0 Å². The van der Waals surface area contributed by atoms with Gasteiger partial charge in [-0.1, -0.05) is 12.1 Å². The fraction of sp³-hybridized carbons (Fsp3) is 0.133. The minimum atomic E-state index is -1.12. The van der Waals surface area contributed by atoms with Crippen molar-refractivity contribution in [3.05, 3.63) is 59.2 Å². The number of halogens is 2. The SMILES string of the molecule is Nc1cccc2c1CCN2C(=O)c1cccc(F)c1F. The maximum absolute atomic E-state index is 13.7. The molecule has 2 aromatic carbocycles. The van der Waals surface area contributed by atoms with Crippen LogP contribution in [0.1, 0.15) is 15.9 Å². The van der Waals surface area contributed by atoms with Gasteiger partial charge in [-0.3, -0.25) is 4.79 Å². The molecule has 0 unspecified atom stereocenters. The Morgan fingerprint density at radius 3 is 2.70 bits per heavy atom. The van der Waals surface area contributed by atoms with E-state index in [4.69, 9.17) is 5.73 Å². The van der Waals surface area contributed by atoms with E-state index in [1.165, 1.54) is 17.0 Å². The van der Waals surface area contributed by atoms with Gasteiger partial charge in [0.15, 0.2) is 11.6 Å². The minimum Gasteiger partial charge on any atom is -0.398 e. The van der Waals surface area contributed by atoms with Crippen LogP contribution in [-0.2, 0) is 6.42 Å². The number of carbonyl (C=O) groups is 1. The molecule has 0 atom stereocenters.